The number of halogens is 1. The van der Waals surface area contributed by atoms with Crippen molar-refractivity contribution in [1.82, 2.24) is 9.47 Å². The largest absolute Gasteiger partial charge is 0.376 e. The fourth-order valence-electron chi connectivity index (χ4n) is 2.60. The number of amides is 1. The van der Waals surface area contributed by atoms with Gasteiger partial charge < -0.3 is 14.2 Å². The molecule has 0 spiro atoms. The Balaban J connectivity index is 2.24. The molecule has 1 amide bonds. The molecule has 4 nitrogen and oxygen atoms in total. The lowest BCUT2D eigenvalue weighted by atomic mass is 10.1. The number of carbonyl (C=O) groups is 1. The highest BCUT2D eigenvalue weighted by atomic mass is 79.9. The van der Waals surface area contributed by atoms with E-state index in [0.717, 1.165) is 23.2 Å². The molecule has 0 bridgehead atoms. The van der Waals surface area contributed by atoms with Gasteiger partial charge in [0.1, 0.15) is 5.69 Å². The topological polar surface area (TPSA) is 34.5 Å². The molecule has 19 heavy (non-hydrogen) atoms. The lowest BCUT2D eigenvalue weighted by molar-refractivity contribution is 0.0564. The normalized spacial score (nSPS) is 23.1. The number of hydrogen-bond donors (Lipinski definition) is 0. The van der Waals surface area contributed by atoms with E-state index in [1.807, 2.05) is 35.7 Å². The molecule has 5 heteroatoms. The first-order valence-electron chi connectivity index (χ1n) is 6.68. The fourth-order valence-corrected chi connectivity index (χ4v) is 3.04. The number of aromatic nitrogens is 1. The van der Waals surface area contributed by atoms with Gasteiger partial charge in [-0.05, 0) is 49.2 Å². The average Bonchev–Trinajstić information content (AvgIpc) is 2.93. The summed E-state index contributed by atoms with van der Waals surface area (Å²) >= 11 is 3.45. The van der Waals surface area contributed by atoms with Crippen molar-refractivity contribution in [2.24, 2.45) is 0 Å². The number of likely N-dealkylation sites (N-methyl/N-ethyl adjacent to an activating group) is 1. The van der Waals surface area contributed by atoms with E-state index < -0.39 is 0 Å². The van der Waals surface area contributed by atoms with E-state index in [2.05, 4.69) is 29.8 Å². The third-order valence-electron chi connectivity index (χ3n) is 3.74. The minimum atomic E-state index is 0.0572. The van der Waals surface area contributed by atoms with Crippen LogP contribution in [0.2, 0.25) is 0 Å². The van der Waals surface area contributed by atoms with Crippen molar-refractivity contribution >= 4 is 21.8 Å². The van der Waals surface area contributed by atoms with Gasteiger partial charge in [0.05, 0.1) is 12.1 Å². The molecule has 2 atom stereocenters. The van der Waals surface area contributed by atoms with Gasteiger partial charge in [0.15, 0.2) is 0 Å². The van der Waals surface area contributed by atoms with Crippen LogP contribution in [0.4, 0.5) is 0 Å². The monoisotopic (exact) mass is 328 g/mol. The van der Waals surface area contributed by atoms with Crippen LogP contribution in [0.15, 0.2) is 16.7 Å². The molecule has 1 aliphatic rings. The van der Waals surface area contributed by atoms with E-state index in [0.29, 0.717) is 0 Å². The highest BCUT2D eigenvalue weighted by Gasteiger charge is 2.32. The van der Waals surface area contributed by atoms with Gasteiger partial charge in [-0.2, -0.15) is 0 Å². The van der Waals surface area contributed by atoms with Gasteiger partial charge in [-0.15, -0.1) is 0 Å². The van der Waals surface area contributed by atoms with Crippen LogP contribution in [-0.4, -0.2) is 41.2 Å². The summed E-state index contributed by atoms with van der Waals surface area (Å²) < 4.78 is 8.49. The SMILES string of the molecule is CC1OCCC1N(C)C(=O)c1cc(Br)cn1C(C)C. The molecule has 1 aliphatic heterocycles. The van der Waals surface area contributed by atoms with Crippen molar-refractivity contribution in [3.63, 3.8) is 0 Å². The van der Waals surface area contributed by atoms with Crippen LogP contribution < -0.4 is 0 Å². The standard InChI is InChI=1S/C14H21BrN2O2/c1-9(2)17-8-11(15)7-13(17)14(18)16(4)12-5-6-19-10(12)3/h7-10,12H,5-6H2,1-4H3. The lowest BCUT2D eigenvalue weighted by Crippen LogP contribution is -2.41. The smallest absolute Gasteiger partial charge is 0.270 e. The Morgan fingerprint density at radius 2 is 2.26 bits per heavy atom. The van der Waals surface area contributed by atoms with Crippen LogP contribution >= 0.6 is 15.9 Å². The number of carbonyl (C=O) groups excluding carboxylic acids is 1. The average molecular weight is 329 g/mol. The lowest BCUT2D eigenvalue weighted by Gasteiger charge is -2.27. The summed E-state index contributed by atoms with van der Waals surface area (Å²) in [6, 6.07) is 2.32. The Hall–Kier alpha value is -0.810. The number of hydrogen-bond acceptors (Lipinski definition) is 2. The van der Waals surface area contributed by atoms with Crippen LogP contribution in [0.25, 0.3) is 0 Å². The van der Waals surface area contributed by atoms with Gasteiger partial charge >= 0.3 is 0 Å². The van der Waals surface area contributed by atoms with Crippen molar-refractivity contribution in [3.05, 3.63) is 22.4 Å². The van der Waals surface area contributed by atoms with Crippen molar-refractivity contribution in [3.8, 4) is 0 Å². The molecular formula is C14H21BrN2O2. The zero-order chi connectivity index (χ0) is 14.2. The van der Waals surface area contributed by atoms with Gasteiger partial charge in [-0.1, -0.05) is 0 Å². The first kappa shape index (κ1) is 14.6. The maximum Gasteiger partial charge on any atom is 0.270 e. The quantitative estimate of drug-likeness (QED) is 0.854. The summed E-state index contributed by atoms with van der Waals surface area (Å²) in [5, 5.41) is 0. The Labute approximate surface area is 122 Å². The van der Waals surface area contributed by atoms with E-state index >= 15 is 0 Å². The maximum absolute atomic E-state index is 12.6. The van der Waals surface area contributed by atoms with E-state index in [4.69, 9.17) is 4.74 Å². The summed E-state index contributed by atoms with van der Waals surface area (Å²) in [5.74, 6) is 0.0572. The molecule has 0 aromatic carbocycles. The van der Waals surface area contributed by atoms with Crippen LogP contribution in [0.1, 0.15) is 43.7 Å². The Morgan fingerprint density at radius 3 is 2.79 bits per heavy atom. The zero-order valence-corrected chi connectivity index (χ0v) is 13.5. The fraction of sp³-hybridized carbons (Fsp3) is 0.643. The van der Waals surface area contributed by atoms with Crippen molar-refractivity contribution in [2.45, 2.75) is 45.4 Å². The summed E-state index contributed by atoms with van der Waals surface area (Å²) in [5.41, 5.74) is 0.725. The van der Waals surface area contributed by atoms with Crippen LogP contribution in [0.5, 0.6) is 0 Å². The molecule has 1 fully saturated rings. The summed E-state index contributed by atoms with van der Waals surface area (Å²) in [4.78, 5) is 14.5. The van der Waals surface area contributed by atoms with Gasteiger partial charge in [-0.3, -0.25) is 4.79 Å². The number of rotatable bonds is 3. The molecule has 0 saturated carbocycles. The zero-order valence-electron chi connectivity index (χ0n) is 11.9. The molecule has 0 N–H and O–H groups in total. The Morgan fingerprint density at radius 1 is 1.58 bits per heavy atom. The Bertz CT molecular complexity index is 470. The van der Waals surface area contributed by atoms with Crippen molar-refractivity contribution in [1.29, 1.82) is 0 Å². The van der Waals surface area contributed by atoms with Crippen LogP contribution in [0.3, 0.4) is 0 Å². The molecule has 2 unspecified atom stereocenters. The Kier molecular flexibility index (Phi) is 4.36. The van der Waals surface area contributed by atoms with E-state index in [-0.39, 0.29) is 24.1 Å². The second-order valence-electron chi connectivity index (χ2n) is 5.39. The summed E-state index contributed by atoms with van der Waals surface area (Å²) in [6.07, 6.45) is 2.98. The van der Waals surface area contributed by atoms with Crippen molar-refractivity contribution < 1.29 is 9.53 Å². The molecule has 1 saturated heterocycles. The predicted molar refractivity (Wildman–Crippen MR) is 78.4 cm³/mol. The van der Waals surface area contributed by atoms with Crippen LogP contribution in [-0.2, 0) is 4.74 Å². The predicted octanol–water partition coefficient (Wildman–Crippen LogP) is 3.08. The molecular weight excluding hydrogens is 308 g/mol. The second-order valence-corrected chi connectivity index (χ2v) is 6.31. The van der Waals surface area contributed by atoms with Crippen LogP contribution in [0, 0.1) is 0 Å². The highest BCUT2D eigenvalue weighted by molar-refractivity contribution is 9.10. The third kappa shape index (κ3) is 2.87. The molecule has 0 aliphatic carbocycles. The van der Waals surface area contributed by atoms with E-state index in [1.54, 1.807) is 0 Å². The first-order valence-corrected chi connectivity index (χ1v) is 7.47. The number of ether oxygens (including phenoxy) is 1. The van der Waals surface area contributed by atoms with Gasteiger partial charge in [0.2, 0.25) is 0 Å². The van der Waals surface area contributed by atoms with E-state index in [1.165, 1.54) is 0 Å². The van der Waals surface area contributed by atoms with Gasteiger partial charge in [-0.25, -0.2) is 0 Å². The van der Waals surface area contributed by atoms with Gasteiger partial charge in [0.25, 0.3) is 5.91 Å². The minimum Gasteiger partial charge on any atom is -0.376 e. The minimum absolute atomic E-state index is 0.0572. The third-order valence-corrected chi connectivity index (χ3v) is 4.18. The second kappa shape index (κ2) is 5.67. The number of nitrogens with zero attached hydrogens (tertiary/aromatic N) is 2. The molecule has 106 valence electrons. The maximum atomic E-state index is 12.6. The summed E-state index contributed by atoms with van der Waals surface area (Å²) in [7, 11) is 1.86. The molecule has 2 rings (SSSR count). The summed E-state index contributed by atoms with van der Waals surface area (Å²) in [6.45, 7) is 6.91. The molecule has 1 aromatic rings. The molecule has 0 radical (unpaired) electrons. The first-order chi connectivity index (χ1) is 8.91. The van der Waals surface area contributed by atoms with Crippen molar-refractivity contribution in [2.75, 3.05) is 13.7 Å². The highest BCUT2D eigenvalue weighted by Crippen LogP contribution is 2.24. The van der Waals surface area contributed by atoms with E-state index in [9.17, 15) is 4.79 Å². The molecule has 1 aromatic heterocycles. The molecule has 2 heterocycles. The van der Waals surface area contributed by atoms with Gasteiger partial charge in [0, 0.05) is 30.4 Å².